The first-order valence-corrected chi connectivity index (χ1v) is 8.07. The van der Waals surface area contributed by atoms with Crippen molar-refractivity contribution in [2.75, 3.05) is 6.79 Å². The Labute approximate surface area is 135 Å². The van der Waals surface area contributed by atoms with Gasteiger partial charge in [-0.25, -0.2) is 0 Å². The molecule has 2 aliphatic rings. The lowest BCUT2D eigenvalue weighted by Gasteiger charge is -2.26. The molecule has 1 N–H and O–H groups in total. The zero-order valence-corrected chi connectivity index (χ0v) is 13.4. The highest BCUT2D eigenvalue weighted by molar-refractivity contribution is 6.32. The van der Waals surface area contributed by atoms with E-state index in [1.54, 1.807) is 18.2 Å². The van der Waals surface area contributed by atoms with Gasteiger partial charge >= 0.3 is 0 Å². The summed E-state index contributed by atoms with van der Waals surface area (Å²) in [5.41, 5.74) is 0.821. The molecule has 1 aromatic rings. The van der Waals surface area contributed by atoms with Crippen LogP contribution in [-0.2, 0) is 4.79 Å². The SMILES string of the molecule is CC1CCC(NC(=O)/C=C/c2cc(Cl)c3c(c2)OCO3)CC1. The predicted octanol–water partition coefficient (Wildman–Crippen LogP) is 3.78. The van der Waals surface area contributed by atoms with E-state index < -0.39 is 0 Å². The highest BCUT2D eigenvalue weighted by Crippen LogP contribution is 2.40. The van der Waals surface area contributed by atoms with Gasteiger partial charge in [0.15, 0.2) is 11.5 Å². The van der Waals surface area contributed by atoms with Crippen molar-refractivity contribution in [1.82, 2.24) is 5.32 Å². The molecule has 0 unspecified atom stereocenters. The van der Waals surface area contributed by atoms with Gasteiger partial charge in [-0.2, -0.15) is 0 Å². The van der Waals surface area contributed by atoms with E-state index in [9.17, 15) is 4.79 Å². The molecule has 5 heteroatoms. The highest BCUT2D eigenvalue weighted by Gasteiger charge is 2.19. The molecule has 1 amide bonds. The maximum atomic E-state index is 12.0. The van der Waals surface area contributed by atoms with Crippen LogP contribution in [0.3, 0.4) is 0 Å². The molecule has 1 heterocycles. The predicted molar refractivity (Wildman–Crippen MR) is 86.2 cm³/mol. The zero-order valence-electron chi connectivity index (χ0n) is 12.6. The van der Waals surface area contributed by atoms with Crippen molar-refractivity contribution in [3.63, 3.8) is 0 Å². The molecular formula is C17H20ClNO3. The number of carbonyl (C=O) groups is 1. The van der Waals surface area contributed by atoms with Gasteiger partial charge in [0.1, 0.15) is 0 Å². The number of fused-ring (bicyclic) bond motifs is 1. The molecule has 1 saturated carbocycles. The molecule has 0 spiro atoms. The van der Waals surface area contributed by atoms with Crippen LogP contribution in [0.4, 0.5) is 0 Å². The molecule has 0 bridgehead atoms. The van der Waals surface area contributed by atoms with Gasteiger partial charge in [0, 0.05) is 12.1 Å². The molecule has 1 aliphatic carbocycles. The molecule has 0 radical (unpaired) electrons. The number of amides is 1. The first-order valence-electron chi connectivity index (χ1n) is 7.69. The number of hydrogen-bond acceptors (Lipinski definition) is 3. The summed E-state index contributed by atoms with van der Waals surface area (Å²) in [6.07, 6.45) is 7.80. The average molecular weight is 322 g/mol. The summed E-state index contributed by atoms with van der Waals surface area (Å²) in [5, 5.41) is 3.56. The van der Waals surface area contributed by atoms with Gasteiger partial charge in [0.25, 0.3) is 0 Å². The minimum atomic E-state index is -0.0617. The molecule has 0 atom stereocenters. The Morgan fingerprint density at radius 3 is 2.82 bits per heavy atom. The normalized spacial score (nSPS) is 23.7. The van der Waals surface area contributed by atoms with Crippen molar-refractivity contribution in [2.24, 2.45) is 5.92 Å². The van der Waals surface area contributed by atoms with Gasteiger partial charge in [0.05, 0.1) is 5.02 Å². The average Bonchev–Trinajstić information content (AvgIpc) is 2.97. The molecule has 1 aromatic carbocycles. The Kier molecular flexibility index (Phi) is 4.57. The Bertz CT molecular complexity index is 592. The molecule has 0 aromatic heterocycles. The fourth-order valence-electron chi connectivity index (χ4n) is 2.91. The van der Waals surface area contributed by atoms with E-state index in [-0.39, 0.29) is 12.7 Å². The van der Waals surface area contributed by atoms with Gasteiger partial charge in [-0.15, -0.1) is 0 Å². The number of ether oxygens (including phenoxy) is 2. The van der Waals surface area contributed by atoms with Crippen LogP contribution in [0.25, 0.3) is 6.08 Å². The van der Waals surface area contributed by atoms with Gasteiger partial charge < -0.3 is 14.8 Å². The van der Waals surface area contributed by atoms with E-state index in [2.05, 4.69) is 12.2 Å². The number of carbonyl (C=O) groups excluding carboxylic acids is 1. The molecule has 1 aliphatic heterocycles. The van der Waals surface area contributed by atoms with Crippen molar-refractivity contribution in [1.29, 1.82) is 0 Å². The maximum Gasteiger partial charge on any atom is 0.244 e. The lowest BCUT2D eigenvalue weighted by molar-refractivity contribution is -0.117. The van der Waals surface area contributed by atoms with Gasteiger partial charge in [-0.1, -0.05) is 18.5 Å². The Hall–Kier alpha value is -1.68. The summed E-state index contributed by atoms with van der Waals surface area (Å²) >= 11 is 6.12. The first kappa shape index (κ1) is 15.2. The van der Waals surface area contributed by atoms with Crippen molar-refractivity contribution in [3.05, 3.63) is 28.8 Å². The van der Waals surface area contributed by atoms with Gasteiger partial charge in [0.2, 0.25) is 12.7 Å². The van der Waals surface area contributed by atoms with E-state index in [1.165, 1.54) is 12.8 Å². The van der Waals surface area contributed by atoms with Crippen LogP contribution in [0.1, 0.15) is 38.2 Å². The van der Waals surface area contributed by atoms with E-state index in [1.807, 2.05) is 6.07 Å². The van der Waals surface area contributed by atoms with Crippen LogP contribution in [0.2, 0.25) is 5.02 Å². The zero-order chi connectivity index (χ0) is 15.5. The largest absolute Gasteiger partial charge is 0.454 e. The molecule has 0 saturated heterocycles. The summed E-state index contributed by atoms with van der Waals surface area (Å²) < 4.78 is 10.6. The van der Waals surface area contributed by atoms with Crippen molar-refractivity contribution >= 4 is 23.6 Å². The van der Waals surface area contributed by atoms with Crippen molar-refractivity contribution in [2.45, 2.75) is 38.6 Å². The second-order valence-corrected chi connectivity index (χ2v) is 6.44. The third-order valence-electron chi connectivity index (χ3n) is 4.24. The molecule has 118 valence electrons. The van der Waals surface area contributed by atoms with Crippen molar-refractivity contribution < 1.29 is 14.3 Å². The van der Waals surface area contributed by atoms with E-state index in [4.69, 9.17) is 21.1 Å². The summed E-state index contributed by atoms with van der Waals surface area (Å²) in [5.74, 6) is 1.90. The quantitative estimate of drug-likeness (QED) is 0.862. The van der Waals surface area contributed by atoms with Crippen LogP contribution < -0.4 is 14.8 Å². The molecule has 3 rings (SSSR count). The molecule has 4 nitrogen and oxygen atoms in total. The minimum absolute atomic E-state index is 0.0617. The number of halogens is 1. The van der Waals surface area contributed by atoms with Crippen LogP contribution in [0, 0.1) is 5.92 Å². The van der Waals surface area contributed by atoms with Crippen LogP contribution in [0.5, 0.6) is 11.5 Å². The standard InChI is InChI=1S/C17H20ClNO3/c1-11-2-5-13(6-3-11)19-16(20)7-4-12-8-14(18)17-15(9-12)21-10-22-17/h4,7-9,11,13H,2-3,5-6,10H2,1H3,(H,19,20)/b7-4+. The Balaban J connectivity index is 1.59. The van der Waals surface area contributed by atoms with E-state index in [0.717, 1.165) is 24.3 Å². The summed E-state index contributed by atoms with van der Waals surface area (Å²) in [4.78, 5) is 12.0. The van der Waals surface area contributed by atoms with Crippen LogP contribution in [0.15, 0.2) is 18.2 Å². The number of nitrogens with one attached hydrogen (secondary N) is 1. The lowest BCUT2D eigenvalue weighted by atomic mass is 9.87. The summed E-state index contributed by atoms with van der Waals surface area (Å²) in [6.45, 7) is 2.45. The second kappa shape index (κ2) is 6.61. The smallest absolute Gasteiger partial charge is 0.244 e. The molecule has 1 fully saturated rings. The molecular weight excluding hydrogens is 302 g/mol. The number of hydrogen-bond donors (Lipinski definition) is 1. The van der Waals surface area contributed by atoms with Gasteiger partial charge in [-0.3, -0.25) is 4.79 Å². The summed E-state index contributed by atoms with van der Waals surface area (Å²) in [6, 6.07) is 3.88. The Morgan fingerprint density at radius 2 is 2.05 bits per heavy atom. The minimum Gasteiger partial charge on any atom is -0.454 e. The lowest BCUT2D eigenvalue weighted by Crippen LogP contribution is -2.36. The summed E-state index contributed by atoms with van der Waals surface area (Å²) in [7, 11) is 0. The third kappa shape index (κ3) is 3.55. The van der Waals surface area contributed by atoms with Crippen LogP contribution >= 0.6 is 11.6 Å². The second-order valence-electron chi connectivity index (χ2n) is 6.04. The maximum absolute atomic E-state index is 12.0. The third-order valence-corrected chi connectivity index (χ3v) is 4.52. The fourth-order valence-corrected chi connectivity index (χ4v) is 3.18. The van der Waals surface area contributed by atoms with Crippen molar-refractivity contribution in [3.8, 4) is 11.5 Å². The van der Waals surface area contributed by atoms with E-state index >= 15 is 0 Å². The monoisotopic (exact) mass is 321 g/mol. The first-order chi connectivity index (χ1) is 10.6. The Morgan fingerprint density at radius 1 is 1.27 bits per heavy atom. The van der Waals surface area contributed by atoms with Crippen LogP contribution in [-0.4, -0.2) is 18.7 Å². The topological polar surface area (TPSA) is 47.6 Å². The fraction of sp³-hybridized carbons (Fsp3) is 0.471. The molecule has 22 heavy (non-hydrogen) atoms. The van der Waals surface area contributed by atoms with Gasteiger partial charge in [-0.05, 0) is 55.4 Å². The van der Waals surface area contributed by atoms with E-state index in [0.29, 0.717) is 22.6 Å². The number of rotatable bonds is 3. The number of benzene rings is 1. The highest BCUT2D eigenvalue weighted by atomic mass is 35.5.